The summed E-state index contributed by atoms with van der Waals surface area (Å²) in [4.78, 5) is 45.5. The molecule has 9 nitrogen and oxygen atoms in total. The summed E-state index contributed by atoms with van der Waals surface area (Å²) in [6, 6.07) is 15.6. The van der Waals surface area contributed by atoms with Crippen LogP contribution >= 0.6 is 11.3 Å². The number of carbonyl (C=O) groups is 2. The van der Waals surface area contributed by atoms with E-state index in [1.165, 1.54) is 20.9 Å². The summed E-state index contributed by atoms with van der Waals surface area (Å²) in [5, 5.41) is 5.80. The molecule has 0 saturated heterocycles. The third-order valence-corrected chi connectivity index (χ3v) is 7.52. The van der Waals surface area contributed by atoms with Gasteiger partial charge in [-0.05, 0) is 63.6 Å². The van der Waals surface area contributed by atoms with Crippen molar-refractivity contribution in [1.29, 1.82) is 0 Å². The number of amides is 1. The van der Waals surface area contributed by atoms with Crippen molar-refractivity contribution in [2.24, 2.45) is 16.0 Å². The third kappa shape index (κ3) is 4.83. The van der Waals surface area contributed by atoms with E-state index < -0.39 is 17.9 Å². The van der Waals surface area contributed by atoms with Crippen molar-refractivity contribution in [2.45, 2.75) is 39.8 Å². The smallest absolute Gasteiger partial charge is 0.338 e. The van der Waals surface area contributed by atoms with Crippen molar-refractivity contribution in [2.75, 3.05) is 12.1 Å². The summed E-state index contributed by atoms with van der Waals surface area (Å²) < 4.78 is 12.7. The topological polar surface area (TPSA) is 103 Å². The van der Waals surface area contributed by atoms with Crippen molar-refractivity contribution in [1.82, 2.24) is 4.57 Å². The quantitative estimate of drug-likeness (QED) is 0.444. The molecule has 0 unspecified atom stereocenters. The zero-order chi connectivity index (χ0) is 27.8. The van der Waals surface area contributed by atoms with E-state index in [0.717, 1.165) is 0 Å². The van der Waals surface area contributed by atoms with Gasteiger partial charge >= 0.3 is 5.97 Å². The van der Waals surface area contributed by atoms with Crippen LogP contribution in [0.25, 0.3) is 6.08 Å². The normalized spacial score (nSPS) is 19.2. The highest BCUT2D eigenvalue weighted by Crippen LogP contribution is 2.32. The predicted molar refractivity (Wildman–Crippen MR) is 149 cm³/mol. The molecule has 0 bridgehead atoms. The number of allylic oxidation sites excluding steroid dienone is 1. The Balaban J connectivity index is 1.62. The number of rotatable bonds is 6. The summed E-state index contributed by atoms with van der Waals surface area (Å²) in [6.45, 7) is 7.04. The zero-order valence-electron chi connectivity index (χ0n) is 22.2. The van der Waals surface area contributed by atoms with Crippen molar-refractivity contribution in [3.63, 3.8) is 0 Å². The van der Waals surface area contributed by atoms with Crippen LogP contribution in [0.4, 0.5) is 5.69 Å². The molecule has 2 aliphatic rings. The molecule has 0 radical (unpaired) electrons. The van der Waals surface area contributed by atoms with Crippen LogP contribution in [0.3, 0.4) is 0 Å². The first-order valence-electron chi connectivity index (χ1n) is 12.5. The van der Waals surface area contributed by atoms with Gasteiger partial charge in [-0.3, -0.25) is 14.2 Å². The van der Waals surface area contributed by atoms with Crippen molar-refractivity contribution >= 4 is 40.7 Å². The molecule has 3 aromatic rings. The van der Waals surface area contributed by atoms with E-state index in [9.17, 15) is 14.4 Å². The largest absolute Gasteiger partial charge is 0.497 e. The maximum Gasteiger partial charge on any atom is 0.338 e. The Hall–Kier alpha value is -4.31. The fraction of sp³-hybridized carbons (Fsp3) is 0.276. The lowest BCUT2D eigenvalue weighted by Crippen LogP contribution is -2.40. The van der Waals surface area contributed by atoms with Crippen LogP contribution in [-0.4, -0.2) is 35.4 Å². The SMILES string of the molecule is COc1ccc([C@@H]2C(C(=O)OC(C)C)=C(C)N=c3s/c(=C/[C@@H]4C(=O)N(c5ccccc5)N=C4C)c(=O)n32)cc1. The van der Waals surface area contributed by atoms with E-state index >= 15 is 0 Å². The van der Waals surface area contributed by atoms with Crippen molar-refractivity contribution in [3.8, 4) is 5.75 Å². The van der Waals surface area contributed by atoms with Gasteiger partial charge in [0.1, 0.15) is 11.7 Å². The minimum absolute atomic E-state index is 0.242. The van der Waals surface area contributed by atoms with Crippen LogP contribution in [0.2, 0.25) is 0 Å². The maximum absolute atomic E-state index is 13.9. The second-order valence-electron chi connectivity index (χ2n) is 9.54. The first kappa shape index (κ1) is 26.3. The number of esters is 1. The molecule has 0 aliphatic carbocycles. The summed E-state index contributed by atoms with van der Waals surface area (Å²) >= 11 is 1.18. The van der Waals surface area contributed by atoms with Gasteiger partial charge in [0.15, 0.2) is 4.80 Å². The van der Waals surface area contributed by atoms with E-state index in [4.69, 9.17) is 9.47 Å². The standard InChI is InChI=1S/C29H28N4O5S/c1-16(2)38-28(36)24-18(4)30-29-32(25(24)19-11-13-21(37-5)14-12-19)27(35)23(39-29)15-22-17(3)31-33(26(22)34)20-9-7-6-8-10-20/h6-16,22,25H,1-5H3/b23-15+/t22-,25+/m0/s1. The number of hydrogen-bond donors (Lipinski definition) is 0. The van der Waals surface area contributed by atoms with Crippen LogP contribution in [0.1, 0.15) is 39.3 Å². The number of benzene rings is 2. The van der Waals surface area contributed by atoms with E-state index in [2.05, 4.69) is 10.1 Å². The molecule has 0 saturated carbocycles. The minimum atomic E-state index is -0.754. The van der Waals surface area contributed by atoms with Gasteiger partial charge < -0.3 is 9.47 Å². The Kier molecular flexibility index (Phi) is 7.05. The number of hydrazone groups is 1. The van der Waals surface area contributed by atoms with E-state index in [1.807, 2.05) is 30.3 Å². The van der Waals surface area contributed by atoms with E-state index in [1.54, 1.807) is 65.1 Å². The van der Waals surface area contributed by atoms with Crippen LogP contribution < -0.4 is 24.6 Å². The molecule has 10 heteroatoms. The highest BCUT2D eigenvalue weighted by atomic mass is 32.1. The molecule has 39 heavy (non-hydrogen) atoms. The average molecular weight is 545 g/mol. The molecular weight excluding hydrogens is 516 g/mol. The molecular formula is C29H28N4O5S. The summed E-state index contributed by atoms with van der Waals surface area (Å²) in [5.41, 5.74) is 2.36. The molecule has 2 atom stereocenters. The van der Waals surface area contributed by atoms with Gasteiger partial charge in [-0.1, -0.05) is 41.7 Å². The molecule has 2 aromatic carbocycles. The van der Waals surface area contributed by atoms with Gasteiger partial charge in [0, 0.05) is 0 Å². The van der Waals surface area contributed by atoms with Gasteiger partial charge in [0.05, 0.1) is 46.5 Å². The van der Waals surface area contributed by atoms with Gasteiger partial charge in [-0.15, -0.1) is 0 Å². The zero-order valence-corrected chi connectivity index (χ0v) is 23.1. The lowest BCUT2D eigenvalue weighted by molar-refractivity contribution is -0.143. The third-order valence-electron chi connectivity index (χ3n) is 6.52. The molecule has 5 rings (SSSR count). The molecule has 1 amide bonds. The molecule has 200 valence electrons. The number of nitrogens with zero attached hydrogens (tertiary/aromatic N) is 4. The number of thiazole rings is 1. The molecule has 2 aliphatic heterocycles. The average Bonchev–Trinajstić information content (AvgIpc) is 3.38. The lowest BCUT2D eigenvalue weighted by Gasteiger charge is -2.25. The van der Waals surface area contributed by atoms with Gasteiger partial charge in [0.2, 0.25) is 0 Å². The molecule has 0 spiro atoms. The number of anilines is 1. The lowest BCUT2D eigenvalue weighted by atomic mass is 9.95. The fourth-order valence-corrected chi connectivity index (χ4v) is 5.71. The highest BCUT2D eigenvalue weighted by molar-refractivity contribution is 7.07. The monoisotopic (exact) mass is 544 g/mol. The summed E-state index contributed by atoms with van der Waals surface area (Å²) in [7, 11) is 1.57. The van der Waals surface area contributed by atoms with Gasteiger partial charge in [0.25, 0.3) is 11.5 Å². The van der Waals surface area contributed by atoms with Crippen LogP contribution in [0.15, 0.2) is 80.8 Å². The second kappa shape index (κ2) is 10.5. The molecule has 3 heterocycles. The van der Waals surface area contributed by atoms with E-state index in [0.29, 0.717) is 37.7 Å². The fourth-order valence-electron chi connectivity index (χ4n) is 4.65. The number of hydrogen-bond acceptors (Lipinski definition) is 8. The van der Waals surface area contributed by atoms with E-state index in [-0.39, 0.29) is 23.1 Å². The van der Waals surface area contributed by atoms with Crippen molar-refractivity contribution in [3.05, 3.63) is 91.1 Å². The summed E-state index contributed by atoms with van der Waals surface area (Å²) in [6.07, 6.45) is 1.30. The number of ether oxygens (including phenoxy) is 2. The van der Waals surface area contributed by atoms with Crippen LogP contribution in [0.5, 0.6) is 5.75 Å². The number of fused-ring (bicyclic) bond motifs is 1. The Bertz CT molecular complexity index is 1680. The Morgan fingerprint density at radius 2 is 1.74 bits per heavy atom. The minimum Gasteiger partial charge on any atom is -0.497 e. The molecule has 0 N–H and O–H groups in total. The Morgan fingerprint density at radius 1 is 1.05 bits per heavy atom. The number of carbonyl (C=O) groups excluding carboxylic acids is 2. The van der Waals surface area contributed by atoms with Crippen LogP contribution in [0, 0.1) is 5.92 Å². The Morgan fingerprint density at radius 3 is 2.38 bits per heavy atom. The van der Waals surface area contributed by atoms with Gasteiger partial charge in [-0.25, -0.2) is 9.79 Å². The number of aromatic nitrogens is 1. The van der Waals surface area contributed by atoms with Crippen molar-refractivity contribution < 1.29 is 19.1 Å². The van der Waals surface area contributed by atoms with Crippen LogP contribution in [-0.2, 0) is 14.3 Å². The first-order valence-corrected chi connectivity index (χ1v) is 13.3. The number of para-hydroxylation sites is 1. The Labute approximate surface area is 229 Å². The second-order valence-corrected chi connectivity index (χ2v) is 10.5. The number of methoxy groups -OCH3 is 1. The van der Waals surface area contributed by atoms with Gasteiger partial charge in [-0.2, -0.15) is 10.1 Å². The highest BCUT2D eigenvalue weighted by Gasteiger charge is 2.36. The summed E-state index contributed by atoms with van der Waals surface area (Å²) in [5.74, 6) is -0.824. The molecule has 1 aromatic heterocycles. The maximum atomic E-state index is 13.9. The predicted octanol–water partition coefficient (Wildman–Crippen LogP) is 3.19. The molecule has 0 fully saturated rings. The first-order chi connectivity index (χ1) is 18.7.